The molecule has 0 aromatic heterocycles. The van der Waals surface area contributed by atoms with Crippen LogP contribution in [-0.2, 0) is 60.8 Å². The van der Waals surface area contributed by atoms with Crippen molar-refractivity contribution in [2.45, 2.75) is 144 Å². The summed E-state index contributed by atoms with van der Waals surface area (Å²) in [6.45, 7) is 3.00. The van der Waals surface area contributed by atoms with Gasteiger partial charge in [0.15, 0.2) is 5.96 Å². The lowest BCUT2D eigenvalue weighted by Crippen LogP contribution is -2.61. The minimum atomic E-state index is -1.65. The van der Waals surface area contributed by atoms with Gasteiger partial charge in [0, 0.05) is 42.9 Å². The molecule has 15 N–H and O–H groups in total. The third kappa shape index (κ3) is 18.7. The Morgan fingerprint density at radius 1 is 0.737 bits per heavy atom. The van der Waals surface area contributed by atoms with Gasteiger partial charge in [-0.15, -0.1) is 0 Å². The number of nitrogens with one attached hydrogen (secondary N) is 7. The van der Waals surface area contributed by atoms with E-state index in [-0.39, 0.29) is 63.3 Å². The monoisotopic (exact) mass is 1090 g/mol. The number of nitrogens with zero attached hydrogens (tertiary/aromatic N) is 2. The zero-order chi connectivity index (χ0) is 55.4. The van der Waals surface area contributed by atoms with Crippen LogP contribution in [0.25, 0.3) is 0 Å². The zero-order valence-electron chi connectivity index (χ0n) is 43.0. The second kappa shape index (κ2) is 29.4. The molecule has 0 radical (unpaired) electrons. The van der Waals surface area contributed by atoms with E-state index in [0.29, 0.717) is 24.8 Å². The average molecular weight is 1090 g/mol. The quantitative estimate of drug-likeness (QED) is 0.0394. The van der Waals surface area contributed by atoms with Crippen molar-refractivity contribution in [1.29, 1.82) is 0 Å². The molecule has 2 saturated heterocycles. The van der Waals surface area contributed by atoms with Crippen LogP contribution in [0, 0.1) is 5.92 Å². The molecule has 3 aliphatic rings. The zero-order valence-corrected chi connectivity index (χ0v) is 44.6. The van der Waals surface area contributed by atoms with Crippen LogP contribution in [0.3, 0.4) is 0 Å². The molecule has 5 rings (SSSR count). The van der Waals surface area contributed by atoms with Crippen LogP contribution in [0.1, 0.15) is 95.6 Å². The van der Waals surface area contributed by atoms with E-state index in [2.05, 4.69) is 42.2 Å². The summed E-state index contributed by atoms with van der Waals surface area (Å²) in [5.74, 6) is -8.39. The van der Waals surface area contributed by atoms with E-state index >= 15 is 0 Å². The number of amides is 10. The molecule has 1 spiro atoms. The summed E-state index contributed by atoms with van der Waals surface area (Å²) in [6.07, 6.45) is 3.93. The molecule has 1 saturated carbocycles. The maximum absolute atomic E-state index is 14.9. The van der Waals surface area contributed by atoms with E-state index in [1.54, 1.807) is 44.2 Å². The number of nitrogens with two attached hydrogens (primary N) is 4. The van der Waals surface area contributed by atoms with Crippen LogP contribution in [0.2, 0.25) is 0 Å². The number of carbonyl (C=O) groups is 10. The highest BCUT2D eigenvalue weighted by Gasteiger charge is 2.42. The lowest BCUT2D eigenvalue weighted by molar-refractivity contribution is -0.142. The van der Waals surface area contributed by atoms with Crippen LogP contribution < -0.4 is 60.2 Å². The van der Waals surface area contributed by atoms with Crippen LogP contribution in [-0.4, -0.2) is 142 Å². The molecule has 7 atom stereocenters. The summed E-state index contributed by atoms with van der Waals surface area (Å²) < 4.78 is -0.690. The fourth-order valence-electron chi connectivity index (χ4n) is 9.39. The first-order valence-electron chi connectivity index (χ1n) is 25.6. The minimum Gasteiger partial charge on any atom is -0.370 e. The Morgan fingerprint density at radius 3 is 1.92 bits per heavy atom. The van der Waals surface area contributed by atoms with Crippen molar-refractivity contribution in [3.05, 3.63) is 71.8 Å². The van der Waals surface area contributed by atoms with Crippen molar-refractivity contribution < 1.29 is 47.9 Å². The lowest BCUT2D eigenvalue weighted by atomic mass is 9.85. The number of guanidine groups is 1. The van der Waals surface area contributed by atoms with Crippen molar-refractivity contribution in [3.8, 4) is 0 Å². The Morgan fingerprint density at radius 2 is 1.33 bits per heavy atom. The third-order valence-corrected chi connectivity index (χ3v) is 16.6. The molecular formula is C51H73N13O10S2. The van der Waals surface area contributed by atoms with Crippen LogP contribution in [0.5, 0.6) is 0 Å². The van der Waals surface area contributed by atoms with Gasteiger partial charge >= 0.3 is 0 Å². The van der Waals surface area contributed by atoms with E-state index in [4.69, 9.17) is 22.9 Å². The van der Waals surface area contributed by atoms with Gasteiger partial charge in [-0.3, -0.25) is 52.9 Å². The van der Waals surface area contributed by atoms with Gasteiger partial charge in [0.25, 0.3) is 0 Å². The molecule has 23 nitrogen and oxygen atoms in total. The van der Waals surface area contributed by atoms with Crippen molar-refractivity contribution in [1.82, 2.24) is 42.1 Å². The minimum absolute atomic E-state index is 0.00303. The molecule has 2 aromatic rings. The Kier molecular flexibility index (Phi) is 23.2. The van der Waals surface area contributed by atoms with Crippen LogP contribution in [0.15, 0.2) is 65.7 Å². The van der Waals surface area contributed by atoms with Gasteiger partial charge in [-0.05, 0) is 55.6 Å². The number of hydrogen-bond acceptors (Lipinski definition) is 13. The third-order valence-electron chi connectivity index (χ3n) is 13.3. The van der Waals surface area contributed by atoms with Crippen LogP contribution >= 0.6 is 21.6 Å². The Hall–Kier alpha value is -6.89. The molecule has 0 unspecified atom stereocenters. The summed E-state index contributed by atoms with van der Waals surface area (Å²) in [5, 5.41) is 19.0. The normalized spacial score (nSPS) is 23.4. The summed E-state index contributed by atoms with van der Waals surface area (Å²) >= 11 is 0. The standard InChI is InChI=1S/C51H73N13O10S2/c1-30(2)42-48(73)61-36(26-39(52)65)45(70)62-37(49(74)64-23-13-19-38(64)47(72)59-33(18-12-22-56-50(54)55)43(68)57-28-40(53)66)29-75-76-51(20-10-5-11-21-51)27-41(67)58-34(24-31-14-6-3-7-15-31)44(69)60-35(46(71)63-42)25-32-16-8-4-9-17-32/h3-4,6-9,14-17,30,33-38,42H,5,10-13,18-29H2,1-2H3,(H2,52,65)(H2,53,66)(H,57,68)(H,58,67)(H,59,72)(H,60,69)(H,61,73)(H,62,70)(H,63,71)(H4,54,55,56)/t33-,34+,35-,36-,37+,38-,42-/m0/s1. The van der Waals surface area contributed by atoms with Gasteiger partial charge in [-0.25, -0.2) is 0 Å². The predicted molar refractivity (Wildman–Crippen MR) is 288 cm³/mol. The van der Waals surface area contributed by atoms with E-state index in [9.17, 15) is 47.9 Å². The highest BCUT2D eigenvalue weighted by Crippen LogP contribution is 2.48. The van der Waals surface area contributed by atoms with Crippen LogP contribution in [0.4, 0.5) is 0 Å². The second-order valence-corrected chi connectivity index (χ2v) is 22.6. The second-order valence-electron chi connectivity index (χ2n) is 19.8. The van der Waals surface area contributed by atoms with Crippen molar-refractivity contribution in [3.63, 3.8) is 0 Å². The first kappa shape index (κ1) is 60.0. The summed E-state index contributed by atoms with van der Waals surface area (Å²) in [6, 6.07) is 8.97. The summed E-state index contributed by atoms with van der Waals surface area (Å²) in [5.41, 5.74) is 23.2. The van der Waals surface area contributed by atoms with Crippen molar-refractivity contribution in [2.24, 2.45) is 33.8 Å². The Balaban J connectivity index is 1.51. The molecular weight excluding hydrogens is 1020 g/mol. The fraction of sp³-hybridized carbons (Fsp3) is 0.549. The lowest BCUT2D eigenvalue weighted by Gasteiger charge is -2.37. The van der Waals surface area contributed by atoms with Gasteiger partial charge in [0.1, 0.15) is 42.3 Å². The molecule has 76 heavy (non-hydrogen) atoms. The molecule has 0 bridgehead atoms. The average Bonchev–Trinajstić information content (AvgIpc) is 3.87. The highest BCUT2D eigenvalue weighted by atomic mass is 33.1. The van der Waals surface area contributed by atoms with E-state index in [1.807, 2.05) is 30.3 Å². The van der Waals surface area contributed by atoms with Gasteiger partial charge in [0.05, 0.1) is 13.0 Å². The van der Waals surface area contributed by atoms with E-state index < -0.39 is 125 Å². The first-order chi connectivity index (χ1) is 36.2. The largest absolute Gasteiger partial charge is 0.370 e. The molecule has 25 heteroatoms. The number of rotatable bonds is 17. The first-order valence-corrected chi connectivity index (χ1v) is 28.0. The predicted octanol–water partition coefficient (Wildman–Crippen LogP) is -0.954. The van der Waals surface area contributed by atoms with Gasteiger partial charge in [-0.2, -0.15) is 0 Å². The highest BCUT2D eigenvalue weighted by molar-refractivity contribution is 8.77. The number of primary amides is 2. The van der Waals surface area contributed by atoms with Crippen molar-refractivity contribution in [2.75, 3.05) is 25.4 Å². The summed E-state index contributed by atoms with van der Waals surface area (Å²) in [4.78, 5) is 144. The molecule has 1 aliphatic carbocycles. The van der Waals surface area contributed by atoms with E-state index in [1.165, 1.54) is 26.5 Å². The number of aliphatic imine (C=N–C) groups is 1. The van der Waals surface area contributed by atoms with E-state index in [0.717, 1.165) is 24.8 Å². The number of benzene rings is 2. The van der Waals surface area contributed by atoms with Crippen molar-refractivity contribution >= 4 is 86.6 Å². The van der Waals surface area contributed by atoms with Gasteiger partial charge < -0.3 is 65.1 Å². The fourth-order valence-corrected chi connectivity index (χ4v) is 12.8. The van der Waals surface area contributed by atoms with Gasteiger partial charge in [0.2, 0.25) is 59.1 Å². The SMILES string of the molecule is CC(C)[C@@H]1NC(=O)[C@H](Cc2ccccc2)NC(=O)[C@@H](Cc2ccccc2)NC(=O)CC2(CCCCC2)SSC[C@H](C(=O)N2CCC[C@H]2C(=O)N[C@@H](CCCN=C(N)N)C(=O)NCC(N)=O)NC(=O)[C@H](CC(N)=O)NC1=O. The molecule has 414 valence electrons. The maximum Gasteiger partial charge on any atom is 0.246 e. The molecule has 10 amide bonds. The molecule has 3 fully saturated rings. The maximum atomic E-state index is 14.9. The number of likely N-dealkylation sites (tertiary alicyclic amines) is 1. The number of hydrogen-bond donors (Lipinski definition) is 11. The molecule has 2 heterocycles. The summed E-state index contributed by atoms with van der Waals surface area (Å²) in [7, 11) is 2.60. The number of carbonyl (C=O) groups excluding carboxylic acids is 10. The topological polar surface area (TPSA) is 375 Å². The Labute approximate surface area is 450 Å². The smallest absolute Gasteiger partial charge is 0.246 e. The molecule has 2 aromatic carbocycles. The molecule has 2 aliphatic heterocycles. The Bertz CT molecular complexity index is 2410. The van der Waals surface area contributed by atoms with Gasteiger partial charge in [-0.1, -0.05) is 115 Å².